The second kappa shape index (κ2) is 9.03. The second-order valence-electron chi connectivity index (χ2n) is 7.10. The van der Waals surface area contributed by atoms with Crippen LogP contribution in [0.25, 0.3) is 0 Å². The molecule has 1 amide bonds. The van der Waals surface area contributed by atoms with Crippen LogP contribution in [0.2, 0.25) is 0 Å². The maximum Gasteiger partial charge on any atom is 0.267 e. The number of nitrogens with zero attached hydrogens (tertiary/aromatic N) is 1. The van der Waals surface area contributed by atoms with E-state index in [4.69, 9.17) is 14.2 Å². The normalized spacial score (nSPS) is 18.8. The van der Waals surface area contributed by atoms with Crippen molar-refractivity contribution in [3.8, 4) is 11.5 Å². The monoisotopic (exact) mass is 432 g/mol. The van der Waals surface area contributed by atoms with Crippen LogP contribution >= 0.6 is 0 Å². The summed E-state index contributed by atoms with van der Waals surface area (Å²) in [7, 11) is -3.69. The molecule has 0 aliphatic carbocycles. The predicted octanol–water partition coefficient (Wildman–Crippen LogP) is 1.21. The molecule has 160 valence electrons. The lowest BCUT2D eigenvalue weighted by Crippen LogP contribution is -2.50. The van der Waals surface area contributed by atoms with Crippen LogP contribution in [0, 0.1) is 0 Å². The minimum Gasteiger partial charge on any atom is -0.485 e. The standard InChI is InChI=1S/C21H24N2O6S/c24-21(23-10-12-27-13-11-23)20-15-28-19-14-17(6-7-18(19)29-20)30(25,26)22-9-8-16-4-2-1-3-5-16/h1-7,14,20,22H,8-13,15H2/t20-/m1/s1. The van der Waals surface area contributed by atoms with E-state index in [1.165, 1.54) is 18.2 Å². The topological polar surface area (TPSA) is 94.2 Å². The molecule has 0 radical (unpaired) electrons. The number of morpholine rings is 1. The third-order valence-corrected chi connectivity index (χ3v) is 6.49. The Hall–Kier alpha value is -2.62. The first-order chi connectivity index (χ1) is 14.5. The zero-order chi connectivity index (χ0) is 21.0. The Kier molecular flexibility index (Phi) is 6.21. The van der Waals surface area contributed by atoms with Crippen molar-refractivity contribution in [2.45, 2.75) is 17.4 Å². The molecule has 2 aromatic carbocycles. The lowest BCUT2D eigenvalue weighted by atomic mass is 10.2. The molecule has 9 heteroatoms. The average Bonchev–Trinajstić information content (AvgIpc) is 2.79. The van der Waals surface area contributed by atoms with E-state index >= 15 is 0 Å². The predicted molar refractivity (Wildman–Crippen MR) is 109 cm³/mol. The molecule has 2 aliphatic heterocycles. The molecule has 30 heavy (non-hydrogen) atoms. The van der Waals surface area contributed by atoms with Gasteiger partial charge >= 0.3 is 0 Å². The van der Waals surface area contributed by atoms with Gasteiger partial charge in [0.1, 0.15) is 6.61 Å². The highest BCUT2D eigenvalue weighted by Crippen LogP contribution is 2.34. The molecule has 0 bridgehead atoms. The van der Waals surface area contributed by atoms with E-state index in [-0.39, 0.29) is 24.0 Å². The maximum absolute atomic E-state index is 12.6. The van der Waals surface area contributed by atoms with E-state index in [1.54, 1.807) is 4.90 Å². The van der Waals surface area contributed by atoms with Crippen LogP contribution in [-0.4, -0.2) is 64.8 Å². The van der Waals surface area contributed by atoms with Crippen molar-refractivity contribution in [3.63, 3.8) is 0 Å². The van der Waals surface area contributed by atoms with E-state index in [2.05, 4.69) is 4.72 Å². The van der Waals surface area contributed by atoms with Crippen molar-refractivity contribution in [1.82, 2.24) is 9.62 Å². The van der Waals surface area contributed by atoms with Crippen molar-refractivity contribution in [2.75, 3.05) is 39.5 Å². The Labute approximate surface area is 175 Å². The van der Waals surface area contributed by atoms with Gasteiger partial charge in [-0.15, -0.1) is 0 Å². The van der Waals surface area contributed by atoms with Crippen LogP contribution < -0.4 is 14.2 Å². The van der Waals surface area contributed by atoms with Gasteiger partial charge in [-0.2, -0.15) is 0 Å². The number of hydrogen-bond donors (Lipinski definition) is 1. The highest BCUT2D eigenvalue weighted by Gasteiger charge is 2.32. The first-order valence-corrected chi connectivity index (χ1v) is 11.3. The molecule has 2 heterocycles. The quantitative estimate of drug-likeness (QED) is 0.737. The number of nitrogens with one attached hydrogen (secondary N) is 1. The first-order valence-electron chi connectivity index (χ1n) is 9.86. The Morgan fingerprint density at radius 1 is 1.07 bits per heavy atom. The molecule has 1 N–H and O–H groups in total. The van der Waals surface area contributed by atoms with Gasteiger partial charge in [0.05, 0.1) is 18.1 Å². The van der Waals surface area contributed by atoms with E-state index in [9.17, 15) is 13.2 Å². The number of hydrogen-bond acceptors (Lipinski definition) is 6. The summed E-state index contributed by atoms with van der Waals surface area (Å²) in [6.07, 6.45) is -0.155. The third kappa shape index (κ3) is 4.75. The van der Waals surface area contributed by atoms with Crippen LogP contribution in [0.5, 0.6) is 11.5 Å². The molecule has 2 aliphatic rings. The van der Waals surface area contributed by atoms with Crippen molar-refractivity contribution in [2.24, 2.45) is 0 Å². The first kappa shape index (κ1) is 20.6. The summed E-state index contributed by atoms with van der Waals surface area (Å²) in [4.78, 5) is 14.4. The van der Waals surface area contributed by atoms with E-state index < -0.39 is 16.1 Å². The Bertz CT molecular complexity index is 990. The van der Waals surface area contributed by atoms with Gasteiger partial charge in [0.2, 0.25) is 16.1 Å². The van der Waals surface area contributed by atoms with Gasteiger partial charge in [0, 0.05) is 25.7 Å². The van der Waals surface area contributed by atoms with E-state index in [1.807, 2.05) is 30.3 Å². The third-order valence-electron chi connectivity index (χ3n) is 5.03. The molecule has 2 aromatic rings. The Morgan fingerprint density at radius 2 is 1.83 bits per heavy atom. The number of fused-ring (bicyclic) bond motifs is 1. The number of sulfonamides is 1. The summed E-state index contributed by atoms with van der Waals surface area (Å²) in [6, 6.07) is 14.1. The minimum absolute atomic E-state index is 0.0358. The van der Waals surface area contributed by atoms with Crippen LogP contribution in [0.3, 0.4) is 0 Å². The van der Waals surface area contributed by atoms with Crippen molar-refractivity contribution >= 4 is 15.9 Å². The van der Waals surface area contributed by atoms with E-state index in [0.29, 0.717) is 44.2 Å². The number of amides is 1. The molecular weight excluding hydrogens is 408 g/mol. The summed E-state index contributed by atoms with van der Waals surface area (Å²) < 4.78 is 44.5. The van der Waals surface area contributed by atoms with Gasteiger partial charge in [0.25, 0.3) is 5.91 Å². The molecule has 0 unspecified atom stereocenters. The summed E-state index contributed by atoms with van der Waals surface area (Å²) >= 11 is 0. The lowest BCUT2D eigenvalue weighted by Gasteiger charge is -2.32. The largest absolute Gasteiger partial charge is 0.485 e. The summed E-state index contributed by atoms with van der Waals surface area (Å²) in [6.45, 7) is 2.39. The lowest BCUT2D eigenvalue weighted by molar-refractivity contribution is -0.145. The number of rotatable bonds is 6. The van der Waals surface area contributed by atoms with Gasteiger partial charge in [-0.25, -0.2) is 13.1 Å². The Balaban J connectivity index is 1.38. The number of benzene rings is 2. The summed E-state index contributed by atoms with van der Waals surface area (Å²) in [5, 5.41) is 0. The van der Waals surface area contributed by atoms with Crippen molar-refractivity contribution in [3.05, 3.63) is 54.1 Å². The van der Waals surface area contributed by atoms with Gasteiger partial charge in [-0.05, 0) is 24.1 Å². The van der Waals surface area contributed by atoms with Crippen LogP contribution in [0.1, 0.15) is 5.56 Å². The fourth-order valence-corrected chi connectivity index (χ4v) is 4.43. The molecular formula is C21H24N2O6S. The SMILES string of the molecule is O=C([C@H]1COc2cc(S(=O)(=O)NCCc3ccccc3)ccc2O1)N1CCOCC1. The van der Waals surface area contributed by atoms with Gasteiger partial charge in [0.15, 0.2) is 11.5 Å². The zero-order valence-corrected chi connectivity index (χ0v) is 17.3. The average molecular weight is 432 g/mol. The van der Waals surface area contributed by atoms with Crippen molar-refractivity contribution in [1.29, 1.82) is 0 Å². The number of carbonyl (C=O) groups excluding carboxylic acids is 1. The molecule has 8 nitrogen and oxygen atoms in total. The zero-order valence-electron chi connectivity index (χ0n) is 16.5. The molecule has 0 aromatic heterocycles. The maximum atomic E-state index is 12.6. The molecule has 4 rings (SSSR count). The highest BCUT2D eigenvalue weighted by atomic mass is 32.2. The second-order valence-corrected chi connectivity index (χ2v) is 8.86. The van der Waals surface area contributed by atoms with Crippen molar-refractivity contribution < 1.29 is 27.4 Å². The van der Waals surface area contributed by atoms with E-state index in [0.717, 1.165) is 5.56 Å². The molecule has 1 atom stereocenters. The molecule has 0 saturated carbocycles. The van der Waals surface area contributed by atoms with Gasteiger partial charge < -0.3 is 19.1 Å². The number of ether oxygens (including phenoxy) is 3. The number of carbonyl (C=O) groups is 1. The summed E-state index contributed by atoms with van der Waals surface area (Å²) in [5.41, 5.74) is 1.05. The van der Waals surface area contributed by atoms with Crippen LogP contribution in [0.4, 0.5) is 0 Å². The minimum atomic E-state index is -3.69. The molecule has 1 saturated heterocycles. The van der Waals surface area contributed by atoms with Crippen LogP contribution in [-0.2, 0) is 26.0 Å². The Morgan fingerprint density at radius 3 is 2.60 bits per heavy atom. The smallest absolute Gasteiger partial charge is 0.267 e. The molecule has 1 fully saturated rings. The van der Waals surface area contributed by atoms with Gasteiger partial charge in [-0.1, -0.05) is 30.3 Å². The van der Waals surface area contributed by atoms with Gasteiger partial charge in [-0.3, -0.25) is 4.79 Å². The fourth-order valence-electron chi connectivity index (χ4n) is 3.39. The fraction of sp³-hybridized carbons (Fsp3) is 0.381. The highest BCUT2D eigenvalue weighted by molar-refractivity contribution is 7.89. The molecule has 0 spiro atoms. The van der Waals surface area contributed by atoms with Crippen LogP contribution in [0.15, 0.2) is 53.4 Å². The summed E-state index contributed by atoms with van der Waals surface area (Å²) in [5.74, 6) is 0.520.